The van der Waals surface area contributed by atoms with Gasteiger partial charge in [-0.2, -0.15) is 0 Å². The Balaban J connectivity index is 1.58. The number of carbonyl (C=O) groups is 2. The quantitative estimate of drug-likeness (QED) is 0.464. The van der Waals surface area contributed by atoms with Crippen molar-refractivity contribution in [1.82, 2.24) is 15.3 Å². The van der Waals surface area contributed by atoms with Crippen molar-refractivity contribution < 1.29 is 28.2 Å². The molecule has 9 heteroatoms. The second-order valence-electron chi connectivity index (χ2n) is 8.96. The van der Waals surface area contributed by atoms with Crippen molar-refractivity contribution in [3.8, 4) is 17.2 Å². The van der Waals surface area contributed by atoms with Crippen LogP contribution in [0.15, 0.2) is 48.5 Å². The molecule has 0 aliphatic carbocycles. The van der Waals surface area contributed by atoms with Crippen LogP contribution in [0.5, 0.6) is 17.2 Å². The van der Waals surface area contributed by atoms with E-state index in [2.05, 4.69) is 10.4 Å². The van der Waals surface area contributed by atoms with E-state index in [4.69, 9.17) is 14.2 Å². The van der Waals surface area contributed by atoms with Crippen LogP contribution in [0.25, 0.3) is 0 Å². The Morgan fingerprint density at radius 1 is 0.972 bits per heavy atom. The molecule has 1 atom stereocenters. The third-order valence-electron chi connectivity index (χ3n) is 5.82. The van der Waals surface area contributed by atoms with Crippen LogP contribution in [-0.4, -0.2) is 60.8 Å². The van der Waals surface area contributed by atoms with Crippen LogP contribution in [-0.2, 0) is 9.53 Å². The van der Waals surface area contributed by atoms with Gasteiger partial charge >= 0.3 is 6.09 Å². The molecule has 3 rings (SSSR count). The predicted octanol–water partition coefficient (Wildman–Crippen LogP) is 5.00. The summed E-state index contributed by atoms with van der Waals surface area (Å²) < 4.78 is 29.7. The minimum atomic E-state index is -0.680. The molecule has 1 N–H and O–H groups in total. The average Bonchev–Trinajstić information content (AvgIpc) is 2.87. The van der Waals surface area contributed by atoms with E-state index in [0.29, 0.717) is 17.2 Å². The molecule has 1 aliphatic heterocycles. The van der Waals surface area contributed by atoms with Gasteiger partial charge in [0.25, 0.3) is 5.91 Å². The summed E-state index contributed by atoms with van der Waals surface area (Å²) in [6.45, 7) is 7.70. The van der Waals surface area contributed by atoms with Gasteiger partial charge in [0.2, 0.25) is 0 Å². The van der Waals surface area contributed by atoms with Crippen molar-refractivity contribution in [2.75, 3.05) is 32.8 Å². The average molecular weight is 502 g/mol. The highest BCUT2D eigenvalue weighted by Gasteiger charge is 2.33. The Morgan fingerprint density at radius 3 is 2.14 bits per heavy atom. The summed E-state index contributed by atoms with van der Waals surface area (Å²) in [6.07, 6.45) is 2.66. The summed E-state index contributed by atoms with van der Waals surface area (Å²) in [6, 6.07) is 12.1. The highest BCUT2D eigenvalue weighted by atomic mass is 19.1. The van der Waals surface area contributed by atoms with Crippen LogP contribution >= 0.6 is 0 Å². The van der Waals surface area contributed by atoms with E-state index in [-0.39, 0.29) is 37.4 Å². The number of imide groups is 1. The SMILES string of the molecule is CCOC(=O)N(CCOc1ccc(Oc2ccc(F)cc2)cc1)C(=O)C(NN1CCCCC1)C(C)C. The molecule has 1 aliphatic rings. The molecule has 2 amide bonds. The van der Waals surface area contributed by atoms with E-state index >= 15 is 0 Å². The zero-order valence-electron chi connectivity index (χ0n) is 21.2. The third kappa shape index (κ3) is 8.20. The number of rotatable bonds is 11. The maximum atomic E-state index is 13.4. The van der Waals surface area contributed by atoms with Gasteiger partial charge in [-0.05, 0) is 74.2 Å². The highest BCUT2D eigenvalue weighted by molar-refractivity contribution is 5.95. The molecule has 0 radical (unpaired) electrons. The zero-order valence-corrected chi connectivity index (χ0v) is 21.2. The van der Waals surface area contributed by atoms with E-state index in [1.165, 1.54) is 18.6 Å². The molecule has 8 nitrogen and oxygen atoms in total. The van der Waals surface area contributed by atoms with Crippen molar-refractivity contribution >= 4 is 12.0 Å². The molecule has 2 aromatic carbocycles. The lowest BCUT2D eigenvalue weighted by atomic mass is 10.0. The smallest absolute Gasteiger partial charge is 0.416 e. The normalized spacial score (nSPS) is 14.8. The largest absolute Gasteiger partial charge is 0.492 e. The van der Waals surface area contributed by atoms with Crippen LogP contribution in [0.2, 0.25) is 0 Å². The van der Waals surface area contributed by atoms with Gasteiger partial charge in [-0.15, -0.1) is 0 Å². The second kappa shape index (κ2) is 13.8. The van der Waals surface area contributed by atoms with Gasteiger partial charge < -0.3 is 14.2 Å². The van der Waals surface area contributed by atoms with Crippen LogP contribution in [0, 0.1) is 11.7 Å². The van der Waals surface area contributed by atoms with Gasteiger partial charge in [-0.1, -0.05) is 20.3 Å². The first-order valence-electron chi connectivity index (χ1n) is 12.5. The van der Waals surface area contributed by atoms with Crippen molar-refractivity contribution in [2.45, 2.75) is 46.1 Å². The van der Waals surface area contributed by atoms with Gasteiger partial charge in [0.1, 0.15) is 35.7 Å². The minimum Gasteiger partial charge on any atom is -0.492 e. The van der Waals surface area contributed by atoms with E-state index in [1.54, 1.807) is 43.3 Å². The van der Waals surface area contributed by atoms with E-state index in [9.17, 15) is 14.0 Å². The summed E-state index contributed by atoms with van der Waals surface area (Å²) in [4.78, 5) is 27.2. The Kier molecular flexibility index (Phi) is 10.5. The van der Waals surface area contributed by atoms with Crippen LogP contribution in [0.1, 0.15) is 40.0 Å². The monoisotopic (exact) mass is 501 g/mol. The first kappa shape index (κ1) is 27.4. The third-order valence-corrected chi connectivity index (χ3v) is 5.82. The number of hydrogen-bond donors (Lipinski definition) is 1. The molecule has 36 heavy (non-hydrogen) atoms. The molecule has 0 bridgehead atoms. The number of carbonyl (C=O) groups excluding carboxylic acids is 2. The Bertz CT molecular complexity index is 962. The van der Waals surface area contributed by atoms with E-state index < -0.39 is 12.1 Å². The molecule has 1 fully saturated rings. The first-order chi connectivity index (χ1) is 17.4. The standard InChI is InChI=1S/C27H36FN3O5/c1-4-34-27(33)31(26(32)25(20(2)3)29-30-16-6-5-7-17-30)18-19-35-22-12-14-24(15-13-22)36-23-10-8-21(28)9-11-23/h8-15,20,25,29H,4-7,16-19H2,1-3H3. The molecular weight excluding hydrogens is 465 g/mol. The molecule has 1 heterocycles. The highest BCUT2D eigenvalue weighted by Crippen LogP contribution is 2.24. The summed E-state index contributed by atoms with van der Waals surface area (Å²) in [5.74, 6) is 0.965. The summed E-state index contributed by atoms with van der Waals surface area (Å²) in [5, 5.41) is 2.07. The Morgan fingerprint density at radius 2 is 1.56 bits per heavy atom. The van der Waals surface area contributed by atoms with Crippen LogP contribution < -0.4 is 14.9 Å². The van der Waals surface area contributed by atoms with Crippen molar-refractivity contribution in [1.29, 1.82) is 0 Å². The molecule has 2 aromatic rings. The molecule has 196 valence electrons. The first-order valence-corrected chi connectivity index (χ1v) is 12.5. The Labute approximate surface area is 212 Å². The summed E-state index contributed by atoms with van der Waals surface area (Å²) >= 11 is 0. The van der Waals surface area contributed by atoms with Gasteiger partial charge in [0, 0.05) is 13.1 Å². The number of halogens is 1. The molecule has 0 spiro atoms. The fourth-order valence-electron chi connectivity index (χ4n) is 3.87. The number of ether oxygens (including phenoxy) is 3. The number of nitrogens with one attached hydrogen (secondary N) is 1. The van der Waals surface area contributed by atoms with Crippen LogP contribution in [0.3, 0.4) is 0 Å². The topological polar surface area (TPSA) is 80.3 Å². The predicted molar refractivity (Wildman–Crippen MR) is 134 cm³/mol. The fraction of sp³-hybridized carbons (Fsp3) is 0.481. The van der Waals surface area contributed by atoms with Gasteiger partial charge in [-0.3, -0.25) is 4.79 Å². The molecule has 0 saturated carbocycles. The van der Waals surface area contributed by atoms with Crippen molar-refractivity contribution in [3.63, 3.8) is 0 Å². The molecule has 1 unspecified atom stereocenters. The van der Waals surface area contributed by atoms with Gasteiger partial charge in [0.15, 0.2) is 0 Å². The lowest BCUT2D eigenvalue weighted by Crippen LogP contribution is -2.57. The zero-order chi connectivity index (χ0) is 25.9. The minimum absolute atomic E-state index is 0.0223. The lowest BCUT2D eigenvalue weighted by molar-refractivity contribution is -0.135. The van der Waals surface area contributed by atoms with Crippen molar-refractivity contribution in [3.05, 3.63) is 54.3 Å². The molecular formula is C27H36FN3O5. The summed E-state index contributed by atoms with van der Waals surface area (Å²) in [5.41, 5.74) is 3.33. The van der Waals surface area contributed by atoms with Gasteiger partial charge in [0.05, 0.1) is 13.2 Å². The maximum absolute atomic E-state index is 13.4. The Hall–Kier alpha value is -3.17. The van der Waals surface area contributed by atoms with Gasteiger partial charge in [-0.25, -0.2) is 24.5 Å². The number of amides is 2. The van der Waals surface area contributed by atoms with E-state index in [0.717, 1.165) is 30.8 Å². The van der Waals surface area contributed by atoms with Crippen LogP contribution in [0.4, 0.5) is 9.18 Å². The number of hydrogen-bond acceptors (Lipinski definition) is 7. The number of piperidine rings is 1. The maximum Gasteiger partial charge on any atom is 0.416 e. The molecule has 0 aromatic heterocycles. The lowest BCUT2D eigenvalue weighted by Gasteiger charge is -2.34. The second-order valence-corrected chi connectivity index (χ2v) is 8.96. The fourth-order valence-corrected chi connectivity index (χ4v) is 3.87. The summed E-state index contributed by atoms with van der Waals surface area (Å²) in [7, 11) is 0. The number of nitrogens with zero attached hydrogens (tertiary/aromatic N) is 2. The number of benzene rings is 2. The van der Waals surface area contributed by atoms with Crippen molar-refractivity contribution in [2.24, 2.45) is 5.92 Å². The number of hydrazine groups is 1. The van der Waals surface area contributed by atoms with E-state index in [1.807, 2.05) is 13.8 Å². The molecule has 1 saturated heterocycles.